The molecule has 31 heavy (non-hydrogen) atoms. The molecule has 0 spiro atoms. The first-order valence-corrected chi connectivity index (χ1v) is 13.5. The summed E-state index contributed by atoms with van der Waals surface area (Å²) in [5.41, 5.74) is 2.36. The monoisotopic (exact) mass is 446 g/mol. The molecule has 2 amide bonds. The molecule has 4 rings (SSSR count). The van der Waals surface area contributed by atoms with E-state index < -0.39 is 9.84 Å². The van der Waals surface area contributed by atoms with Gasteiger partial charge in [-0.2, -0.15) is 0 Å². The van der Waals surface area contributed by atoms with Gasteiger partial charge in [0, 0.05) is 25.6 Å². The van der Waals surface area contributed by atoms with Crippen LogP contribution in [-0.4, -0.2) is 50.0 Å². The van der Waals surface area contributed by atoms with Crippen LogP contribution in [0.15, 0.2) is 23.1 Å². The van der Waals surface area contributed by atoms with E-state index in [1.165, 1.54) is 24.8 Å². The predicted octanol–water partition coefficient (Wildman–Crippen LogP) is 3.03. The van der Waals surface area contributed by atoms with E-state index in [2.05, 4.69) is 5.32 Å². The predicted molar refractivity (Wildman–Crippen MR) is 119 cm³/mol. The average molecular weight is 447 g/mol. The second-order valence-electron chi connectivity index (χ2n) is 9.38. The van der Waals surface area contributed by atoms with Crippen LogP contribution < -0.4 is 5.32 Å². The molecule has 3 aliphatic rings. The number of hydrogen-bond donors (Lipinski definition) is 1. The van der Waals surface area contributed by atoms with E-state index >= 15 is 0 Å². The lowest BCUT2D eigenvalue weighted by Crippen LogP contribution is -2.48. The van der Waals surface area contributed by atoms with Crippen LogP contribution in [0.4, 0.5) is 0 Å². The number of hydrogen-bond acceptors (Lipinski definition) is 4. The molecular weight excluding hydrogens is 412 g/mol. The molecule has 2 fully saturated rings. The lowest BCUT2D eigenvalue weighted by molar-refractivity contribution is -0.135. The van der Waals surface area contributed by atoms with E-state index in [-0.39, 0.29) is 35.9 Å². The van der Waals surface area contributed by atoms with Crippen molar-refractivity contribution in [2.75, 3.05) is 18.8 Å². The van der Waals surface area contributed by atoms with E-state index in [1.54, 1.807) is 17.0 Å². The Morgan fingerprint density at radius 2 is 1.74 bits per heavy atom. The largest absolute Gasteiger partial charge is 0.353 e. The summed E-state index contributed by atoms with van der Waals surface area (Å²) in [6.45, 7) is 1.00. The Morgan fingerprint density at radius 3 is 2.55 bits per heavy atom. The molecule has 2 aliphatic carbocycles. The first-order valence-electron chi connectivity index (χ1n) is 11.8. The van der Waals surface area contributed by atoms with Crippen molar-refractivity contribution in [1.82, 2.24) is 10.2 Å². The van der Waals surface area contributed by atoms with Crippen LogP contribution in [0, 0.1) is 5.92 Å². The van der Waals surface area contributed by atoms with Gasteiger partial charge in [-0.1, -0.05) is 25.3 Å². The maximum atomic E-state index is 12.8. The average Bonchev–Trinajstić information content (AvgIpc) is 3.26. The topological polar surface area (TPSA) is 83.6 Å². The standard InChI is InChI=1S/C24H34N2O4S/c27-23(13-15-31(29,30)22-12-11-18-6-4-7-19(18)16-22)26-14-5-8-20(17-26)24(28)25-21-9-2-1-3-10-21/h11-12,16,20-21H,1-10,13-15,17H2,(H,25,28). The highest BCUT2D eigenvalue weighted by Gasteiger charge is 2.30. The third-order valence-corrected chi connectivity index (χ3v) is 8.82. The molecule has 0 bridgehead atoms. The van der Waals surface area contributed by atoms with Crippen LogP contribution in [0.2, 0.25) is 0 Å². The Morgan fingerprint density at radius 1 is 0.968 bits per heavy atom. The minimum atomic E-state index is -3.49. The molecule has 0 aromatic heterocycles. The van der Waals surface area contributed by atoms with Crippen molar-refractivity contribution in [3.8, 4) is 0 Å². The first-order chi connectivity index (χ1) is 14.9. The molecule has 1 unspecified atom stereocenters. The molecule has 7 heteroatoms. The van der Waals surface area contributed by atoms with Gasteiger partial charge in [-0.3, -0.25) is 9.59 Å². The number of benzene rings is 1. The van der Waals surface area contributed by atoms with E-state index in [0.717, 1.165) is 50.5 Å². The molecule has 1 atom stereocenters. The maximum Gasteiger partial charge on any atom is 0.225 e. The normalized spacial score (nSPS) is 22.2. The van der Waals surface area contributed by atoms with Gasteiger partial charge in [0.25, 0.3) is 0 Å². The Kier molecular flexibility index (Phi) is 6.99. The minimum absolute atomic E-state index is 0.0314. The molecule has 1 N–H and O–H groups in total. The number of amides is 2. The van der Waals surface area contributed by atoms with E-state index in [9.17, 15) is 18.0 Å². The number of piperidine rings is 1. The highest BCUT2D eigenvalue weighted by atomic mass is 32.2. The SMILES string of the molecule is O=C(NC1CCCCC1)C1CCCN(C(=O)CCS(=O)(=O)c2ccc3c(c2)CCC3)C1. The molecule has 1 heterocycles. The van der Waals surface area contributed by atoms with Crippen LogP contribution in [0.25, 0.3) is 0 Å². The van der Waals surface area contributed by atoms with E-state index in [4.69, 9.17) is 0 Å². The van der Waals surface area contributed by atoms with Gasteiger partial charge >= 0.3 is 0 Å². The van der Waals surface area contributed by atoms with Gasteiger partial charge in [0.05, 0.1) is 16.6 Å². The second-order valence-corrected chi connectivity index (χ2v) is 11.5. The lowest BCUT2D eigenvalue weighted by Gasteiger charge is -2.33. The van der Waals surface area contributed by atoms with Gasteiger partial charge in [-0.05, 0) is 68.2 Å². The zero-order chi connectivity index (χ0) is 21.8. The molecule has 1 aromatic carbocycles. The lowest BCUT2D eigenvalue weighted by atomic mass is 9.93. The molecule has 1 aromatic rings. The van der Waals surface area contributed by atoms with Crippen molar-refractivity contribution in [2.24, 2.45) is 5.92 Å². The summed E-state index contributed by atoms with van der Waals surface area (Å²) in [5.74, 6) is -0.483. The third kappa shape index (κ3) is 5.48. The Labute approximate surface area is 185 Å². The van der Waals surface area contributed by atoms with Crippen LogP contribution in [0.5, 0.6) is 0 Å². The number of likely N-dealkylation sites (tertiary alicyclic amines) is 1. The fourth-order valence-corrected chi connectivity index (χ4v) is 6.50. The summed E-state index contributed by atoms with van der Waals surface area (Å²) in [6.07, 6.45) is 10.2. The van der Waals surface area contributed by atoms with Crippen molar-refractivity contribution in [3.05, 3.63) is 29.3 Å². The fourth-order valence-electron chi connectivity index (χ4n) is 5.22. The van der Waals surface area contributed by atoms with Gasteiger partial charge < -0.3 is 10.2 Å². The minimum Gasteiger partial charge on any atom is -0.353 e. The van der Waals surface area contributed by atoms with Gasteiger partial charge in [-0.15, -0.1) is 0 Å². The third-order valence-electron chi connectivity index (χ3n) is 7.11. The van der Waals surface area contributed by atoms with Gasteiger partial charge in [0.1, 0.15) is 0 Å². The van der Waals surface area contributed by atoms with Crippen molar-refractivity contribution in [1.29, 1.82) is 0 Å². The Balaban J connectivity index is 1.30. The summed E-state index contributed by atoms with van der Waals surface area (Å²) in [7, 11) is -3.49. The number of fused-ring (bicyclic) bond motifs is 1. The quantitative estimate of drug-likeness (QED) is 0.728. The smallest absolute Gasteiger partial charge is 0.225 e. The van der Waals surface area contributed by atoms with Crippen LogP contribution in [0.3, 0.4) is 0 Å². The van der Waals surface area contributed by atoms with Crippen LogP contribution in [-0.2, 0) is 32.3 Å². The number of nitrogens with one attached hydrogen (secondary N) is 1. The Bertz CT molecular complexity index is 922. The summed E-state index contributed by atoms with van der Waals surface area (Å²) >= 11 is 0. The number of rotatable bonds is 6. The molecule has 1 aliphatic heterocycles. The second kappa shape index (κ2) is 9.72. The number of carbonyl (C=O) groups excluding carboxylic acids is 2. The van der Waals surface area contributed by atoms with E-state index in [0.29, 0.717) is 18.0 Å². The number of aryl methyl sites for hydroxylation is 2. The Hall–Kier alpha value is -1.89. The van der Waals surface area contributed by atoms with Gasteiger partial charge in [0.2, 0.25) is 11.8 Å². The first kappa shape index (κ1) is 22.3. The zero-order valence-electron chi connectivity index (χ0n) is 18.3. The van der Waals surface area contributed by atoms with Crippen LogP contribution >= 0.6 is 0 Å². The molecular formula is C24H34N2O4S. The van der Waals surface area contributed by atoms with Crippen molar-refractivity contribution in [3.63, 3.8) is 0 Å². The van der Waals surface area contributed by atoms with Crippen molar-refractivity contribution in [2.45, 2.75) is 81.6 Å². The van der Waals surface area contributed by atoms with Crippen molar-refractivity contribution >= 4 is 21.7 Å². The summed E-state index contributed by atoms with van der Waals surface area (Å²) < 4.78 is 25.6. The molecule has 6 nitrogen and oxygen atoms in total. The number of carbonyl (C=O) groups is 2. The summed E-state index contributed by atoms with van der Waals surface area (Å²) in [4.78, 5) is 27.4. The number of sulfone groups is 1. The number of nitrogens with zero attached hydrogens (tertiary/aromatic N) is 1. The molecule has 1 saturated heterocycles. The van der Waals surface area contributed by atoms with Crippen LogP contribution in [0.1, 0.15) is 68.9 Å². The molecule has 1 saturated carbocycles. The van der Waals surface area contributed by atoms with E-state index in [1.807, 2.05) is 6.07 Å². The summed E-state index contributed by atoms with van der Waals surface area (Å²) in [6, 6.07) is 5.65. The highest BCUT2D eigenvalue weighted by Crippen LogP contribution is 2.26. The fraction of sp³-hybridized carbons (Fsp3) is 0.667. The van der Waals surface area contributed by atoms with Gasteiger partial charge in [-0.25, -0.2) is 8.42 Å². The zero-order valence-corrected chi connectivity index (χ0v) is 19.1. The summed E-state index contributed by atoms with van der Waals surface area (Å²) in [5, 5.41) is 3.17. The maximum absolute atomic E-state index is 12.8. The molecule has 0 radical (unpaired) electrons. The highest BCUT2D eigenvalue weighted by molar-refractivity contribution is 7.91. The van der Waals surface area contributed by atoms with Crippen molar-refractivity contribution < 1.29 is 18.0 Å². The molecule has 170 valence electrons. The van der Waals surface area contributed by atoms with Gasteiger partial charge in [0.15, 0.2) is 9.84 Å².